The lowest BCUT2D eigenvalue weighted by molar-refractivity contribution is 0.0623. The van der Waals surface area contributed by atoms with Gasteiger partial charge in [0.15, 0.2) is 0 Å². The fourth-order valence-electron chi connectivity index (χ4n) is 3.50. The smallest absolute Gasteiger partial charge is 0.255 e. The van der Waals surface area contributed by atoms with E-state index in [1.165, 1.54) is 6.42 Å². The summed E-state index contributed by atoms with van der Waals surface area (Å²) in [6.07, 6.45) is 1.17. The monoisotopic (exact) mass is 336 g/mol. The van der Waals surface area contributed by atoms with Gasteiger partial charge in [-0.3, -0.25) is 9.59 Å². The van der Waals surface area contributed by atoms with Crippen molar-refractivity contribution in [3.8, 4) is 0 Å². The van der Waals surface area contributed by atoms with Crippen LogP contribution in [-0.4, -0.2) is 29.8 Å². The van der Waals surface area contributed by atoms with E-state index in [0.717, 1.165) is 13.1 Å². The summed E-state index contributed by atoms with van der Waals surface area (Å²) in [5.74, 6) is 0.993. The van der Waals surface area contributed by atoms with Gasteiger partial charge in [0.1, 0.15) is 0 Å². The quantitative estimate of drug-likeness (QED) is 0.919. The van der Waals surface area contributed by atoms with Crippen molar-refractivity contribution in [2.45, 2.75) is 20.3 Å². The van der Waals surface area contributed by atoms with E-state index >= 15 is 0 Å². The topological polar surface area (TPSA) is 49.4 Å². The van der Waals surface area contributed by atoms with Crippen LogP contribution in [0.15, 0.2) is 54.6 Å². The van der Waals surface area contributed by atoms with Crippen LogP contribution in [0.25, 0.3) is 0 Å². The highest BCUT2D eigenvalue weighted by atomic mass is 16.2. The minimum absolute atomic E-state index is 0.0688. The second-order valence-electron chi connectivity index (χ2n) is 7.05. The van der Waals surface area contributed by atoms with Crippen LogP contribution in [0.5, 0.6) is 0 Å². The van der Waals surface area contributed by atoms with Crippen molar-refractivity contribution < 1.29 is 9.59 Å². The van der Waals surface area contributed by atoms with Crippen LogP contribution in [0.2, 0.25) is 0 Å². The minimum Gasteiger partial charge on any atom is -0.338 e. The Balaban J connectivity index is 1.66. The van der Waals surface area contributed by atoms with E-state index in [0.29, 0.717) is 28.7 Å². The molecule has 2 atom stereocenters. The molecule has 0 saturated carbocycles. The molecule has 1 aliphatic heterocycles. The van der Waals surface area contributed by atoms with Gasteiger partial charge in [-0.05, 0) is 54.7 Å². The number of hydrogen-bond donors (Lipinski definition) is 1. The minimum atomic E-state index is -0.154. The van der Waals surface area contributed by atoms with Gasteiger partial charge in [-0.15, -0.1) is 0 Å². The number of rotatable bonds is 3. The Bertz CT molecular complexity index is 730. The molecular formula is C21H24N2O2. The molecule has 1 saturated heterocycles. The molecule has 0 aliphatic carbocycles. The summed E-state index contributed by atoms with van der Waals surface area (Å²) in [6.45, 7) is 6.02. The summed E-state index contributed by atoms with van der Waals surface area (Å²) in [5, 5.41) is 2.85. The van der Waals surface area contributed by atoms with Gasteiger partial charge in [-0.25, -0.2) is 0 Å². The maximum Gasteiger partial charge on any atom is 0.255 e. The van der Waals surface area contributed by atoms with E-state index in [9.17, 15) is 9.59 Å². The van der Waals surface area contributed by atoms with Crippen LogP contribution in [0.1, 0.15) is 41.0 Å². The van der Waals surface area contributed by atoms with E-state index in [1.54, 1.807) is 36.4 Å². The molecule has 25 heavy (non-hydrogen) atoms. The number of likely N-dealkylation sites (tertiary alicyclic amines) is 1. The average Bonchev–Trinajstić information content (AvgIpc) is 2.61. The molecule has 2 amide bonds. The van der Waals surface area contributed by atoms with Gasteiger partial charge in [0.05, 0.1) is 0 Å². The van der Waals surface area contributed by atoms with Crippen LogP contribution < -0.4 is 5.32 Å². The van der Waals surface area contributed by atoms with Gasteiger partial charge in [0, 0.05) is 29.9 Å². The number of carbonyl (C=O) groups is 2. The molecule has 0 radical (unpaired) electrons. The molecule has 130 valence electrons. The molecule has 4 nitrogen and oxygen atoms in total. The Morgan fingerprint density at radius 1 is 0.880 bits per heavy atom. The zero-order valence-corrected chi connectivity index (χ0v) is 14.7. The van der Waals surface area contributed by atoms with E-state index in [2.05, 4.69) is 19.2 Å². The predicted molar refractivity (Wildman–Crippen MR) is 99.7 cm³/mol. The van der Waals surface area contributed by atoms with E-state index in [1.807, 2.05) is 23.1 Å². The van der Waals surface area contributed by atoms with Crippen LogP contribution >= 0.6 is 0 Å². The second kappa shape index (κ2) is 7.51. The zero-order valence-electron chi connectivity index (χ0n) is 14.7. The average molecular weight is 336 g/mol. The SMILES string of the molecule is C[C@@H]1C[C@@H](C)CN(C(=O)c2ccc(NC(=O)c3ccccc3)cc2)C1. The first-order valence-corrected chi connectivity index (χ1v) is 8.78. The molecule has 1 fully saturated rings. The third-order valence-corrected chi connectivity index (χ3v) is 4.58. The number of nitrogens with zero attached hydrogens (tertiary/aromatic N) is 1. The molecule has 2 aromatic rings. The predicted octanol–water partition coefficient (Wildman–Crippen LogP) is 4.06. The van der Waals surface area contributed by atoms with Gasteiger partial charge in [-0.1, -0.05) is 32.0 Å². The van der Waals surface area contributed by atoms with Crippen LogP contribution in [0, 0.1) is 11.8 Å². The number of piperidine rings is 1. The Labute approximate surface area is 148 Å². The largest absolute Gasteiger partial charge is 0.338 e. The van der Waals surface area contributed by atoms with Gasteiger partial charge in [0.2, 0.25) is 0 Å². The van der Waals surface area contributed by atoms with Crippen molar-refractivity contribution in [1.82, 2.24) is 4.90 Å². The Hall–Kier alpha value is -2.62. The third-order valence-electron chi connectivity index (χ3n) is 4.58. The number of carbonyl (C=O) groups excluding carboxylic acids is 2. The molecule has 0 aromatic heterocycles. The molecule has 1 aliphatic rings. The van der Waals surface area contributed by atoms with Crippen molar-refractivity contribution in [3.63, 3.8) is 0 Å². The van der Waals surface area contributed by atoms with Gasteiger partial charge in [0.25, 0.3) is 11.8 Å². The Morgan fingerprint density at radius 3 is 2.08 bits per heavy atom. The molecular weight excluding hydrogens is 312 g/mol. The lowest BCUT2D eigenvalue weighted by Gasteiger charge is -2.35. The maximum absolute atomic E-state index is 12.7. The van der Waals surface area contributed by atoms with Gasteiger partial charge >= 0.3 is 0 Å². The van der Waals surface area contributed by atoms with Gasteiger partial charge in [-0.2, -0.15) is 0 Å². The summed E-state index contributed by atoms with van der Waals surface area (Å²) in [7, 11) is 0. The van der Waals surface area contributed by atoms with E-state index in [4.69, 9.17) is 0 Å². The first-order chi connectivity index (χ1) is 12.0. The summed E-state index contributed by atoms with van der Waals surface area (Å²) < 4.78 is 0. The highest BCUT2D eigenvalue weighted by Gasteiger charge is 2.26. The number of benzene rings is 2. The molecule has 2 aromatic carbocycles. The molecule has 0 bridgehead atoms. The fraction of sp³-hybridized carbons (Fsp3) is 0.333. The first-order valence-electron chi connectivity index (χ1n) is 8.78. The summed E-state index contributed by atoms with van der Waals surface area (Å²) in [6, 6.07) is 16.2. The molecule has 0 spiro atoms. The number of hydrogen-bond acceptors (Lipinski definition) is 2. The summed E-state index contributed by atoms with van der Waals surface area (Å²) in [4.78, 5) is 26.8. The highest BCUT2D eigenvalue weighted by molar-refractivity contribution is 6.04. The van der Waals surface area contributed by atoms with Crippen molar-refractivity contribution >= 4 is 17.5 Å². The number of amides is 2. The lowest BCUT2D eigenvalue weighted by atomic mass is 9.91. The van der Waals surface area contributed by atoms with Gasteiger partial charge < -0.3 is 10.2 Å². The number of anilines is 1. The van der Waals surface area contributed by atoms with E-state index in [-0.39, 0.29) is 11.8 Å². The standard InChI is InChI=1S/C21H24N2O2/c1-15-12-16(2)14-23(13-15)21(25)18-8-10-19(11-9-18)22-20(24)17-6-4-3-5-7-17/h3-11,15-16H,12-14H2,1-2H3,(H,22,24)/t15-,16-/m1/s1. The normalized spacial score (nSPS) is 20.2. The number of nitrogens with one attached hydrogen (secondary N) is 1. The molecule has 1 N–H and O–H groups in total. The van der Waals surface area contributed by atoms with Crippen molar-refractivity contribution in [1.29, 1.82) is 0 Å². The maximum atomic E-state index is 12.7. The third kappa shape index (κ3) is 4.27. The fourth-order valence-corrected chi connectivity index (χ4v) is 3.50. The molecule has 4 heteroatoms. The molecule has 1 heterocycles. The Morgan fingerprint density at radius 2 is 1.48 bits per heavy atom. The van der Waals surface area contributed by atoms with Crippen molar-refractivity contribution in [2.75, 3.05) is 18.4 Å². The zero-order chi connectivity index (χ0) is 17.8. The first kappa shape index (κ1) is 17.2. The van der Waals surface area contributed by atoms with Crippen molar-refractivity contribution in [2.24, 2.45) is 11.8 Å². The summed E-state index contributed by atoms with van der Waals surface area (Å²) in [5.41, 5.74) is 1.96. The van der Waals surface area contributed by atoms with Crippen molar-refractivity contribution in [3.05, 3.63) is 65.7 Å². The second-order valence-corrected chi connectivity index (χ2v) is 7.05. The Kier molecular flexibility index (Phi) is 5.17. The molecule has 3 rings (SSSR count). The summed E-state index contributed by atoms with van der Waals surface area (Å²) >= 11 is 0. The lowest BCUT2D eigenvalue weighted by Crippen LogP contribution is -2.42. The van der Waals surface area contributed by atoms with Crippen LogP contribution in [0.3, 0.4) is 0 Å². The highest BCUT2D eigenvalue weighted by Crippen LogP contribution is 2.23. The van der Waals surface area contributed by atoms with Crippen LogP contribution in [-0.2, 0) is 0 Å². The molecule has 0 unspecified atom stereocenters. The van der Waals surface area contributed by atoms with Crippen LogP contribution in [0.4, 0.5) is 5.69 Å². The van der Waals surface area contributed by atoms with E-state index < -0.39 is 0 Å².